The lowest BCUT2D eigenvalue weighted by Gasteiger charge is -2.31. The minimum absolute atomic E-state index is 0.0553. The lowest BCUT2D eigenvalue weighted by molar-refractivity contribution is -0.123. The lowest BCUT2D eigenvalue weighted by Crippen LogP contribution is -2.50. The highest BCUT2D eigenvalue weighted by molar-refractivity contribution is 5.95. The minimum atomic E-state index is -0.422. The Morgan fingerprint density at radius 2 is 2.17 bits per heavy atom. The van der Waals surface area contributed by atoms with E-state index < -0.39 is 6.03 Å². The molecule has 1 atom stereocenters. The van der Waals surface area contributed by atoms with Gasteiger partial charge in [0.25, 0.3) is 0 Å². The van der Waals surface area contributed by atoms with E-state index in [9.17, 15) is 9.59 Å². The number of imide groups is 1. The van der Waals surface area contributed by atoms with Gasteiger partial charge in [-0.25, -0.2) is 4.79 Å². The minimum Gasteiger partial charge on any atom is -0.394 e. The summed E-state index contributed by atoms with van der Waals surface area (Å²) in [6.07, 6.45) is 1.74. The fourth-order valence-electron chi connectivity index (χ4n) is 1.85. The molecule has 0 aromatic carbocycles. The molecule has 1 aliphatic heterocycles. The average Bonchev–Trinajstić information content (AvgIpc) is 3.12. The second-order valence-electron chi connectivity index (χ2n) is 4.71. The number of carbonyl (C=O) groups excluding carboxylic acids is 2. The van der Waals surface area contributed by atoms with E-state index in [0.717, 1.165) is 12.8 Å². The van der Waals surface area contributed by atoms with Crippen LogP contribution in [0.15, 0.2) is 0 Å². The van der Waals surface area contributed by atoms with Crippen LogP contribution < -0.4 is 10.6 Å². The van der Waals surface area contributed by atoms with E-state index in [0.29, 0.717) is 19.7 Å². The average molecular weight is 257 g/mol. The van der Waals surface area contributed by atoms with Gasteiger partial charge in [0.1, 0.15) is 0 Å². The molecule has 7 heteroatoms. The first-order valence-electron chi connectivity index (χ1n) is 6.22. The highest BCUT2D eigenvalue weighted by atomic mass is 16.5. The summed E-state index contributed by atoms with van der Waals surface area (Å²) < 4.78 is 5.28. The highest BCUT2D eigenvalue weighted by Crippen LogP contribution is 2.18. The van der Waals surface area contributed by atoms with E-state index in [4.69, 9.17) is 9.84 Å². The molecule has 1 unspecified atom stereocenters. The van der Waals surface area contributed by atoms with Gasteiger partial charge in [-0.05, 0) is 12.8 Å². The van der Waals surface area contributed by atoms with Crippen molar-refractivity contribution in [3.8, 4) is 0 Å². The molecule has 18 heavy (non-hydrogen) atoms. The van der Waals surface area contributed by atoms with Crippen LogP contribution in [0.5, 0.6) is 0 Å². The molecule has 3 amide bonds. The molecule has 2 fully saturated rings. The first-order chi connectivity index (χ1) is 8.67. The number of nitrogens with zero attached hydrogens (tertiary/aromatic N) is 1. The number of urea groups is 1. The molecule has 0 aromatic rings. The molecular weight excluding hydrogens is 238 g/mol. The van der Waals surface area contributed by atoms with Gasteiger partial charge in [-0.3, -0.25) is 15.0 Å². The molecule has 3 N–H and O–H groups in total. The van der Waals surface area contributed by atoms with Crippen LogP contribution in [0.25, 0.3) is 0 Å². The summed E-state index contributed by atoms with van der Waals surface area (Å²) in [6, 6.07) is -0.186. The number of morpholine rings is 1. The van der Waals surface area contributed by atoms with Crippen molar-refractivity contribution < 1.29 is 19.4 Å². The van der Waals surface area contributed by atoms with Crippen LogP contribution in [0.1, 0.15) is 12.8 Å². The summed E-state index contributed by atoms with van der Waals surface area (Å²) in [4.78, 5) is 24.8. The summed E-state index contributed by atoms with van der Waals surface area (Å²) in [6.45, 7) is 1.73. The Hall–Kier alpha value is -1.18. The molecule has 102 valence electrons. The number of hydrogen-bond acceptors (Lipinski definition) is 5. The number of amides is 3. The third kappa shape index (κ3) is 4.25. The van der Waals surface area contributed by atoms with Crippen molar-refractivity contribution in [3.63, 3.8) is 0 Å². The Balaban J connectivity index is 1.67. The molecule has 0 spiro atoms. The summed E-state index contributed by atoms with van der Waals surface area (Å²) in [7, 11) is 0. The molecule has 1 aliphatic carbocycles. The molecular formula is C11H19N3O4. The van der Waals surface area contributed by atoms with Gasteiger partial charge in [-0.15, -0.1) is 0 Å². The third-order valence-electron chi connectivity index (χ3n) is 2.96. The summed E-state index contributed by atoms with van der Waals surface area (Å²) in [5.74, 6) is -0.327. The van der Waals surface area contributed by atoms with Gasteiger partial charge < -0.3 is 15.2 Å². The van der Waals surface area contributed by atoms with E-state index in [1.165, 1.54) is 0 Å². The zero-order valence-corrected chi connectivity index (χ0v) is 10.2. The second kappa shape index (κ2) is 6.12. The fraction of sp³-hybridized carbons (Fsp3) is 0.818. The van der Waals surface area contributed by atoms with Crippen LogP contribution in [-0.4, -0.2) is 66.9 Å². The van der Waals surface area contributed by atoms with Gasteiger partial charge in [0, 0.05) is 19.1 Å². The van der Waals surface area contributed by atoms with Crippen LogP contribution >= 0.6 is 0 Å². The number of ether oxygens (including phenoxy) is 1. The molecule has 0 aromatic heterocycles. The topological polar surface area (TPSA) is 90.9 Å². The number of rotatable bonds is 4. The van der Waals surface area contributed by atoms with Gasteiger partial charge in [0.05, 0.1) is 25.9 Å². The van der Waals surface area contributed by atoms with Gasteiger partial charge >= 0.3 is 6.03 Å². The van der Waals surface area contributed by atoms with Crippen molar-refractivity contribution in [1.82, 2.24) is 15.5 Å². The van der Waals surface area contributed by atoms with Crippen molar-refractivity contribution in [2.75, 3.05) is 32.8 Å². The van der Waals surface area contributed by atoms with Crippen molar-refractivity contribution in [1.29, 1.82) is 0 Å². The number of aliphatic hydroxyl groups is 1. The summed E-state index contributed by atoms with van der Waals surface area (Å²) >= 11 is 0. The normalized spacial score (nSPS) is 24.6. The molecule has 2 aliphatic rings. The zero-order valence-electron chi connectivity index (χ0n) is 10.2. The Labute approximate surface area is 105 Å². The monoisotopic (exact) mass is 257 g/mol. The molecule has 1 saturated heterocycles. The first kappa shape index (κ1) is 13.3. The van der Waals surface area contributed by atoms with E-state index in [2.05, 4.69) is 10.6 Å². The smallest absolute Gasteiger partial charge is 0.321 e. The van der Waals surface area contributed by atoms with Crippen molar-refractivity contribution in [3.05, 3.63) is 0 Å². The maximum Gasteiger partial charge on any atom is 0.321 e. The Bertz CT molecular complexity index is 319. The molecule has 7 nitrogen and oxygen atoms in total. The maximum absolute atomic E-state index is 11.6. The standard InChI is InChI=1S/C11H19N3O4/c15-7-9-5-14(3-4-18-9)6-10(16)13-11(17)12-8-1-2-8/h8-9,15H,1-7H2,(H2,12,13,16,17). The number of nitrogens with one attached hydrogen (secondary N) is 2. The Morgan fingerprint density at radius 1 is 1.39 bits per heavy atom. The SMILES string of the molecule is O=C(CN1CCOC(CO)C1)NC(=O)NC1CC1. The van der Waals surface area contributed by atoms with Gasteiger partial charge in [-0.1, -0.05) is 0 Å². The molecule has 2 rings (SSSR count). The van der Waals surface area contributed by atoms with Gasteiger partial charge in [0.2, 0.25) is 5.91 Å². The predicted octanol–water partition coefficient (Wildman–Crippen LogP) is -1.33. The lowest BCUT2D eigenvalue weighted by atomic mass is 10.3. The van der Waals surface area contributed by atoms with Crippen molar-refractivity contribution >= 4 is 11.9 Å². The molecule has 1 saturated carbocycles. The van der Waals surface area contributed by atoms with E-state index in [1.807, 2.05) is 4.90 Å². The second-order valence-corrected chi connectivity index (χ2v) is 4.71. The summed E-state index contributed by atoms with van der Waals surface area (Å²) in [5, 5.41) is 14.0. The number of aliphatic hydroxyl groups excluding tert-OH is 1. The quantitative estimate of drug-likeness (QED) is 0.580. The third-order valence-corrected chi connectivity index (χ3v) is 2.96. The van der Waals surface area contributed by atoms with Crippen molar-refractivity contribution in [2.45, 2.75) is 25.0 Å². The Kier molecular flexibility index (Phi) is 4.51. The van der Waals surface area contributed by atoms with Crippen LogP contribution in [-0.2, 0) is 9.53 Å². The predicted molar refractivity (Wildman–Crippen MR) is 63.0 cm³/mol. The zero-order chi connectivity index (χ0) is 13.0. The number of hydrogen-bond donors (Lipinski definition) is 3. The maximum atomic E-state index is 11.6. The highest BCUT2D eigenvalue weighted by Gasteiger charge is 2.25. The van der Waals surface area contributed by atoms with E-state index in [-0.39, 0.29) is 31.2 Å². The van der Waals surface area contributed by atoms with Crippen LogP contribution in [0.4, 0.5) is 4.79 Å². The molecule has 0 radical (unpaired) electrons. The molecule has 0 bridgehead atoms. The first-order valence-corrected chi connectivity index (χ1v) is 6.22. The fourth-order valence-corrected chi connectivity index (χ4v) is 1.85. The summed E-state index contributed by atoms with van der Waals surface area (Å²) in [5.41, 5.74) is 0. The van der Waals surface area contributed by atoms with Gasteiger partial charge in [0.15, 0.2) is 0 Å². The molecule has 1 heterocycles. The number of carbonyl (C=O) groups is 2. The van der Waals surface area contributed by atoms with E-state index in [1.54, 1.807) is 0 Å². The van der Waals surface area contributed by atoms with Crippen LogP contribution in [0.3, 0.4) is 0 Å². The van der Waals surface area contributed by atoms with Crippen LogP contribution in [0.2, 0.25) is 0 Å². The Morgan fingerprint density at radius 3 is 2.83 bits per heavy atom. The van der Waals surface area contributed by atoms with Crippen molar-refractivity contribution in [2.24, 2.45) is 0 Å². The largest absolute Gasteiger partial charge is 0.394 e. The van der Waals surface area contributed by atoms with Gasteiger partial charge in [-0.2, -0.15) is 0 Å². The van der Waals surface area contributed by atoms with Crippen LogP contribution in [0, 0.1) is 0 Å². The van der Waals surface area contributed by atoms with E-state index >= 15 is 0 Å².